The first-order valence-corrected chi connectivity index (χ1v) is 6.85. The van der Waals surface area contributed by atoms with Gasteiger partial charge in [-0.3, -0.25) is 9.69 Å². The fraction of sp³-hybridized carbons (Fsp3) is 0.733. The van der Waals surface area contributed by atoms with Gasteiger partial charge in [0.25, 0.3) is 0 Å². The standard InChI is InChI=1S/C15H26N2O2/c1-5-10-17(12-14(18)19-6-2)11-8-7-9-15(3,4)13-16/h5H,1,6-12H2,2-4H3. The van der Waals surface area contributed by atoms with Crippen molar-refractivity contribution in [1.82, 2.24) is 4.90 Å². The maximum Gasteiger partial charge on any atom is 0.320 e. The summed E-state index contributed by atoms with van der Waals surface area (Å²) < 4.78 is 4.94. The van der Waals surface area contributed by atoms with E-state index in [1.54, 1.807) is 13.0 Å². The zero-order chi connectivity index (χ0) is 14.7. The normalized spacial score (nSPS) is 11.1. The molecule has 0 spiro atoms. The molecule has 4 heteroatoms. The second-order valence-electron chi connectivity index (χ2n) is 5.28. The number of nitriles is 1. The van der Waals surface area contributed by atoms with E-state index in [4.69, 9.17) is 10.00 Å². The van der Waals surface area contributed by atoms with Gasteiger partial charge in [-0.25, -0.2) is 0 Å². The molecule has 0 rings (SSSR count). The minimum absolute atomic E-state index is 0.193. The van der Waals surface area contributed by atoms with Gasteiger partial charge in [-0.05, 0) is 40.2 Å². The van der Waals surface area contributed by atoms with Crippen LogP contribution >= 0.6 is 0 Å². The first-order valence-electron chi connectivity index (χ1n) is 6.85. The van der Waals surface area contributed by atoms with Crippen LogP contribution in [0.15, 0.2) is 12.7 Å². The van der Waals surface area contributed by atoms with Crippen LogP contribution in [0.2, 0.25) is 0 Å². The quantitative estimate of drug-likeness (QED) is 0.346. The molecule has 0 atom stereocenters. The monoisotopic (exact) mass is 266 g/mol. The van der Waals surface area contributed by atoms with Crippen LogP contribution in [0.5, 0.6) is 0 Å². The molecule has 0 N–H and O–H groups in total. The Labute approximate surface area is 117 Å². The zero-order valence-corrected chi connectivity index (χ0v) is 12.4. The molecule has 0 aliphatic rings. The first kappa shape index (κ1) is 17.7. The van der Waals surface area contributed by atoms with Crippen LogP contribution in [0.4, 0.5) is 0 Å². The average Bonchev–Trinajstić information content (AvgIpc) is 2.35. The molecule has 108 valence electrons. The minimum Gasteiger partial charge on any atom is -0.465 e. The second-order valence-corrected chi connectivity index (χ2v) is 5.28. The van der Waals surface area contributed by atoms with Gasteiger partial charge >= 0.3 is 5.97 Å². The summed E-state index contributed by atoms with van der Waals surface area (Å²) in [6.07, 6.45) is 4.62. The van der Waals surface area contributed by atoms with E-state index < -0.39 is 0 Å². The van der Waals surface area contributed by atoms with E-state index in [0.717, 1.165) is 25.8 Å². The Kier molecular flexibility index (Phi) is 8.90. The van der Waals surface area contributed by atoms with Gasteiger partial charge in [-0.2, -0.15) is 5.26 Å². The number of hydrogen-bond acceptors (Lipinski definition) is 4. The number of rotatable bonds is 10. The van der Waals surface area contributed by atoms with Crippen LogP contribution in [0.3, 0.4) is 0 Å². The number of nitrogens with zero attached hydrogens (tertiary/aromatic N) is 2. The summed E-state index contributed by atoms with van der Waals surface area (Å²) >= 11 is 0. The Morgan fingerprint density at radius 2 is 2.16 bits per heavy atom. The molecule has 0 aromatic rings. The summed E-state index contributed by atoms with van der Waals surface area (Å²) in [4.78, 5) is 13.4. The third kappa shape index (κ3) is 9.26. The molecule has 0 fully saturated rings. The number of carbonyl (C=O) groups is 1. The van der Waals surface area contributed by atoms with Crippen molar-refractivity contribution in [2.75, 3.05) is 26.2 Å². The van der Waals surface area contributed by atoms with Crippen molar-refractivity contribution >= 4 is 5.97 Å². The lowest BCUT2D eigenvalue weighted by molar-refractivity contribution is -0.144. The summed E-state index contributed by atoms with van der Waals surface area (Å²) in [6.45, 7) is 11.6. The summed E-state index contributed by atoms with van der Waals surface area (Å²) in [5.41, 5.74) is -0.260. The third-order valence-corrected chi connectivity index (χ3v) is 2.87. The predicted octanol–water partition coefficient (Wildman–Crippen LogP) is 2.76. The van der Waals surface area contributed by atoms with Crippen molar-refractivity contribution in [3.8, 4) is 6.07 Å². The van der Waals surface area contributed by atoms with Crippen molar-refractivity contribution in [3.63, 3.8) is 0 Å². The van der Waals surface area contributed by atoms with Crippen molar-refractivity contribution in [1.29, 1.82) is 5.26 Å². The van der Waals surface area contributed by atoms with Gasteiger partial charge in [-0.15, -0.1) is 6.58 Å². The fourth-order valence-electron chi connectivity index (χ4n) is 1.76. The Hall–Kier alpha value is -1.34. The van der Waals surface area contributed by atoms with Crippen LogP contribution in [-0.2, 0) is 9.53 Å². The van der Waals surface area contributed by atoms with Crippen molar-refractivity contribution in [2.24, 2.45) is 5.41 Å². The topological polar surface area (TPSA) is 53.3 Å². The highest BCUT2D eigenvalue weighted by molar-refractivity contribution is 5.71. The molecule has 0 unspecified atom stereocenters. The van der Waals surface area contributed by atoms with Gasteiger partial charge in [0.2, 0.25) is 0 Å². The third-order valence-electron chi connectivity index (χ3n) is 2.87. The maximum atomic E-state index is 11.4. The highest BCUT2D eigenvalue weighted by Gasteiger charge is 2.16. The van der Waals surface area contributed by atoms with E-state index in [2.05, 4.69) is 12.6 Å². The SMILES string of the molecule is C=CCN(CCCCC(C)(C)C#N)CC(=O)OCC. The lowest BCUT2D eigenvalue weighted by Gasteiger charge is -2.20. The van der Waals surface area contributed by atoms with Gasteiger partial charge in [0, 0.05) is 6.54 Å². The van der Waals surface area contributed by atoms with Crippen molar-refractivity contribution in [3.05, 3.63) is 12.7 Å². The largest absolute Gasteiger partial charge is 0.465 e. The van der Waals surface area contributed by atoms with E-state index >= 15 is 0 Å². The van der Waals surface area contributed by atoms with E-state index in [9.17, 15) is 4.79 Å². The lowest BCUT2D eigenvalue weighted by Crippen LogP contribution is -2.32. The molecule has 0 amide bonds. The van der Waals surface area contributed by atoms with E-state index in [-0.39, 0.29) is 11.4 Å². The molecule has 4 nitrogen and oxygen atoms in total. The molecule has 0 aliphatic carbocycles. The summed E-state index contributed by atoms with van der Waals surface area (Å²) in [7, 11) is 0. The maximum absolute atomic E-state index is 11.4. The van der Waals surface area contributed by atoms with Gasteiger partial charge in [0.05, 0.1) is 24.6 Å². The minimum atomic E-state index is -0.260. The van der Waals surface area contributed by atoms with E-state index in [1.165, 1.54) is 0 Å². The highest BCUT2D eigenvalue weighted by Crippen LogP contribution is 2.21. The molecule has 0 aromatic heterocycles. The van der Waals surface area contributed by atoms with Crippen molar-refractivity contribution in [2.45, 2.75) is 40.0 Å². The zero-order valence-electron chi connectivity index (χ0n) is 12.4. The molecule has 0 aromatic carbocycles. The number of ether oxygens (including phenoxy) is 1. The summed E-state index contributed by atoms with van der Waals surface area (Å²) in [5.74, 6) is -0.193. The molecule has 0 heterocycles. The van der Waals surface area contributed by atoms with Gasteiger partial charge < -0.3 is 4.74 Å². The molecule has 0 saturated heterocycles. The molecule has 0 radical (unpaired) electrons. The average molecular weight is 266 g/mol. The van der Waals surface area contributed by atoms with Crippen LogP contribution in [-0.4, -0.2) is 37.1 Å². The van der Waals surface area contributed by atoms with Crippen molar-refractivity contribution < 1.29 is 9.53 Å². The number of hydrogen-bond donors (Lipinski definition) is 0. The van der Waals surface area contributed by atoms with Gasteiger partial charge in [-0.1, -0.05) is 12.5 Å². The first-order chi connectivity index (χ1) is 8.95. The Bertz CT molecular complexity index is 319. The lowest BCUT2D eigenvalue weighted by atomic mass is 9.89. The Balaban J connectivity index is 3.98. The Morgan fingerprint density at radius 3 is 2.68 bits per heavy atom. The van der Waals surface area contributed by atoms with Crippen LogP contribution in [0.1, 0.15) is 40.0 Å². The molecule has 0 saturated carbocycles. The molecule has 19 heavy (non-hydrogen) atoms. The van der Waals surface area contributed by atoms with Crippen LogP contribution in [0.25, 0.3) is 0 Å². The number of carbonyl (C=O) groups excluding carboxylic acids is 1. The highest BCUT2D eigenvalue weighted by atomic mass is 16.5. The molecular formula is C15H26N2O2. The Morgan fingerprint density at radius 1 is 1.47 bits per heavy atom. The predicted molar refractivity (Wildman–Crippen MR) is 76.5 cm³/mol. The van der Waals surface area contributed by atoms with E-state index in [1.807, 2.05) is 18.7 Å². The fourth-order valence-corrected chi connectivity index (χ4v) is 1.76. The second kappa shape index (κ2) is 9.57. The van der Waals surface area contributed by atoms with Gasteiger partial charge in [0.15, 0.2) is 0 Å². The smallest absolute Gasteiger partial charge is 0.320 e. The summed E-state index contributed by atoms with van der Waals surface area (Å²) in [5, 5.41) is 8.93. The number of esters is 1. The molecule has 0 bridgehead atoms. The van der Waals surface area contributed by atoms with Crippen LogP contribution < -0.4 is 0 Å². The van der Waals surface area contributed by atoms with Crippen LogP contribution in [0, 0.1) is 16.7 Å². The van der Waals surface area contributed by atoms with Gasteiger partial charge in [0.1, 0.15) is 0 Å². The number of unbranched alkanes of at least 4 members (excludes halogenated alkanes) is 1. The molecular weight excluding hydrogens is 240 g/mol. The summed E-state index contributed by atoms with van der Waals surface area (Å²) in [6, 6.07) is 2.30. The molecule has 0 aliphatic heterocycles. The van der Waals surface area contributed by atoms with E-state index in [0.29, 0.717) is 19.7 Å².